The molecule has 0 saturated carbocycles. The maximum Gasteiger partial charge on any atom is 0.184 e. The van der Waals surface area contributed by atoms with Crippen molar-refractivity contribution >= 4 is 48.9 Å². The molecule has 4 aromatic heterocycles. The Kier molecular flexibility index (Phi) is 14.6. The van der Waals surface area contributed by atoms with Gasteiger partial charge in [0.2, 0.25) is 0 Å². The molecule has 0 amide bonds. The van der Waals surface area contributed by atoms with Crippen LogP contribution >= 0.6 is 48.9 Å². The Morgan fingerprint density at radius 2 is 0.596 bits per heavy atom. The molecule has 6 rings (SSSR count). The largest absolute Gasteiger partial charge is 0.323 e. The first kappa shape index (κ1) is 39.4. The van der Waals surface area contributed by atoms with Gasteiger partial charge in [0.05, 0.1) is 0 Å². The van der Waals surface area contributed by atoms with E-state index in [2.05, 4.69) is 138 Å². The van der Waals surface area contributed by atoms with Crippen LogP contribution in [0.15, 0.2) is 98.1 Å². The molecule has 52 heavy (non-hydrogen) atoms. The van der Waals surface area contributed by atoms with E-state index in [9.17, 15) is 0 Å². The Hall–Kier alpha value is -3.84. The van der Waals surface area contributed by atoms with Crippen molar-refractivity contribution in [1.82, 2.24) is 36.5 Å². The zero-order valence-electron chi connectivity index (χ0n) is 30.9. The summed E-state index contributed by atoms with van der Waals surface area (Å²) in [5.74, 6) is 0. The first-order valence-corrected chi connectivity index (χ1v) is 20.3. The van der Waals surface area contributed by atoms with Crippen LogP contribution in [0.3, 0.4) is 0 Å². The second-order valence-electron chi connectivity index (χ2n) is 13.0. The van der Waals surface area contributed by atoms with Crippen LogP contribution in [-0.4, -0.2) is 36.5 Å². The normalized spacial score (nSPS) is 11.2. The molecule has 0 fully saturated rings. The Labute approximate surface area is 328 Å². The second kappa shape index (κ2) is 19.3. The lowest BCUT2D eigenvalue weighted by molar-refractivity contribution is 0.620. The Morgan fingerprint density at radius 3 is 0.808 bits per heavy atom. The molecule has 0 N–H and O–H groups in total. The lowest BCUT2D eigenvalue weighted by atomic mass is 10.2. The first-order chi connectivity index (χ1) is 25.3. The predicted molar refractivity (Wildman–Crippen MR) is 225 cm³/mol. The third-order valence-corrected chi connectivity index (χ3v) is 10.9. The van der Waals surface area contributed by atoms with Crippen LogP contribution in [0.25, 0.3) is 22.7 Å². The lowest BCUT2D eigenvalue weighted by Crippen LogP contribution is -2.02. The number of hydrogen-bond acceptors (Lipinski definition) is 4. The Balaban J connectivity index is 0.000000201. The quantitative estimate of drug-likeness (QED) is 0.0919. The summed E-state index contributed by atoms with van der Waals surface area (Å²) in [4.78, 5) is 0. The molecular formula is C40H52N8S4. The third kappa shape index (κ3) is 9.38. The van der Waals surface area contributed by atoms with Crippen molar-refractivity contribution in [3.63, 3.8) is 0 Å². The van der Waals surface area contributed by atoms with Gasteiger partial charge in [-0.25, -0.2) is 0 Å². The highest BCUT2D eigenvalue weighted by Crippen LogP contribution is 2.19. The Bertz CT molecular complexity index is 1960. The van der Waals surface area contributed by atoms with Gasteiger partial charge in [-0.3, -0.25) is 18.3 Å². The van der Waals surface area contributed by atoms with E-state index in [1.165, 1.54) is 0 Å². The van der Waals surface area contributed by atoms with Crippen molar-refractivity contribution in [2.45, 2.75) is 105 Å². The van der Waals surface area contributed by atoms with E-state index in [4.69, 9.17) is 48.9 Å². The molecule has 0 spiro atoms. The molecule has 0 unspecified atom stereocenters. The molecular weight excluding hydrogens is 721 g/mol. The summed E-state index contributed by atoms with van der Waals surface area (Å²) in [6.45, 7) is 12.6. The highest BCUT2D eigenvalue weighted by Gasteiger charge is 2.08. The van der Waals surface area contributed by atoms with Gasteiger partial charge in [-0.15, -0.1) is 0 Å². The van der Waals surface area contributed by atoms with Crippen LogP contribution in [0.4, 0.5) is 0 Å². The third-order valence-electron chi connectivity index (χ3n) is 9.17. The van der Waals surface area contributed by atoms with Crippen LogP contribution < -0.4 is 0 Å². The van der Waals surface area contributed by atoms with E-state index in [0.717, 1.165) is 119 Å². The number of imidazole rings is 4. The van der Waals surface area contributed by atoms with Crippen LogP contribution in [0.1, 0.15) is 79.1 Å². The molecule has 2 aromatic carbocycles. The maximum absolute atomic E-state index is 5.65. The fourth-order valence-electron chi connectivity index (χ4n) is 6.02. The van der Waals surface area contributed by atoms with Crippen LogP contribution in [0, 0.1) is 19.1 Å². The van der Waals surface area contributed by atoms with Crippen molar-refractivity contribution < 1.29 is 0 Å². The standard InChI is InChI=1S/2C20H26N4S2/c2*1-3-5-10-21-12-14-23(19(21)25)17-8-7-9-18(16-17)24-15-13-22(20(24)26)11-6-4-2/h2*7-9,12-16H,3-6,10-11H2,1-2H3. The van der Waals surface area contributed by atoms with E-state index in [1.54, 1.807) is 0 Å². The summed E-state index contributed by atoms with van der Waals surface area (Å²) in [5, 5.41) is 0. The minimum Gasteiger partial charge on any atom is -0.323 e. The second-order valence-corrected chi connectivity index (χ2v) is 14.5. The molecule has 0 bridgehead atoms. The summed E-state index contributed by atoms with van der Waals surface area (Å²) in [6.07, 6.45) is 25.6. The zero-order chi connectivity index (χ0) is 37.0. The molecule has 0 radical (unpaired) electrons. The SMILES string of the molecule is CCCCn1ccn(-c2cccc(-n3ccn(CCCC)c3=S)c2)c1=S.CCCCn1ccn(-c2cccc(-n3ccn(CCCC)c3=S)c2)c1=S. The summed E-state index contributed by atoms with van der Waals surface area (Å²) < 4.78 is 20.1. The van der Waals surface area contributed by atoms with E-state index in [0.29, 0.717) is 0 Å². The number of benzene rings is 2. The fraction of sp³-hybridized carbons (Fsp3) is 0.400. The zero-order valence-corrected chi connectivity index (χ0v) is 34.2. The average Bonchev–Trinajstić information content (AvgIpc) is 3.93. The van der Waals surface area contributed by atoms with Gasteiger partial charge in [-0.1, -0.05) is 65.5 Å². The van der Waals surface area contributed by atoms with E-state index in [1.807, 2.05) is 24.8 Å². The summed E-state index contributed by atoms with van der Waals surface area (Å²) in [5.41, 5.74) is 4.24. The van der Waals surface area contributed by atoms with Gasteiger partial charge in [-0.05, 0) is 111 Å². The topological polar surface area (TPSA) is 39.4 Å². The number of unbranched alkanes of at least 4 members (excludes halogenated alkanes) is 4. The number of hydrogen-bond donors (Lipinski definition) is 0. The summed E-state index contributed by atoms with van der Waals surface area (Å²) in [7, 11) is 0. The van der Waals surface area contributed by atoms with Crippen molar-refractivity contribution in [2.75, 3.05) is 0 Å². The van der Waals surface area contributed by atoms with Crippen molar-refractivity contribution in [1.29, 1.82) is 0 Å². The molecule has 4 heterocycles. The average molecular weight is 773 g/mol. The first-order valence-electron chi connectivity index (χ1n) is 18.6. The predicted octanol–water partition coefficient (Wildman–Crippen LogP) is 11.9. The summed E-state index contributed by atoms with van der Waals surface area (Å²) >= 11 is 22.6. The molecule has 0 aliphatic rings. The lowest BCUT2D eigenvalue weighted by Gasteiger charge is -2.08. The molecule has 6 aromatic rings. The molecule has 276 valence electrons. The molecule has 0 saturated heterocycles. The molecule has 0 atom stereocenters. The highest BCUT2D eigenvalue weighted by molar-refractivity contribution is 7.71. The Morgan fingerprint density at radius 1 is 0.365 bits per heavy atom. The van der Waals surface area contributed by atoms with Gasteiger partial charge in [0.15, 0.2) is 19.1 Å². The smallest absolute Gasteiger partial charge is 0.184 e. The minimum atomic E-state index is 0.833. The van der Waals surface area contributed by atoms with E-state index >= 15 is 0 Å². The van der Waals surface area contributed by atoms with Crippen molar-refractivity contribution in [2.24, 2.45) is 0 Å². The number of aryl methyl sites for hydroxylation is 4. The van der Waals surface area contributed by atoms with Gasteiger partial charge < -0.3 is 18.3 Å². The highest BCUT2D eigenvalue weighted by atomic mass is 32.1. The van der Waals surface area contributed by atoms with E-state index < -0.39 is 0 Å². The summed E-state index contributed by atoms with van der Waals surface area (Å²) in [6, 6.07) is 16.7. The van der Waals surface area contributed by atoms with Crippen LogP contribution in [0.2, 0.25) is 0 Å². The van der Waals surface area contributed by atoms with Gasteiger partial charge in [0.1, 0.15) is 0 Å². The molecule has 0 aliphatic carbocycles. The van der Waals surface area contributed by atoms with Crippen LogP contribution in [-0.2, 0) is 26.2 Å². The monoisotopic (exact) mass is 772 g/mol. The van der Waals surface area contributed by atoms with Gasteiger partial charge >= 0.3 is 0 Å². The minimum absolute atomic E-state index is 0.833. The van der Waals surface area contributed by atoms with E-state index in [-0.39, 0.29) is 0 Å². The number of nitrogens with zero attached hydrogens (tertiary/aromatic N) is 8. The van der Waals surface area contributed by atoms with Gasteiger partial charge in [0.25, 0.3) is 0 Å². The fourth-order valence-corrected chi connectivity index (χ4v) is 7.29. The van der Waals surface area contributed by atoms with Crippen LogP contribution in [0.5, 0.6) is 0 Å². The number of aromatic nitrogens is 8. The molecule has 0 aliphatic heterocycles. The van der Waals surface area contributed by atoms with Gasteiger partial charge in [-0.2, -0.15) is 0 Å². The maximum atomic E-state index is 5.65. The molecule has 12 heteroatoms. The van der Waals surface area contributed by atoms with Gasteiger partial charge in [0, 0.05) is 98.5 Å². The number of rotatable bonds is 16. The van der Waals surface area contributed by atoms with Crippen molar-refractivity contribution in [3.05, 3.63) is 117 Å². The molecule has 8 nitrogen and oxygen atoms in total. The van der Waals surface area contributed by atoms with Crippen molar-refractivity contribution in [3.8, 4) is 22.7 Å².